The van der Waals surface area contributed by atoms with Gasteiger partial charge in [0.05, 0.1) is 18.8 Å². The summed E-state index contributed by atoms with van der Waals surface area (Å²) in [6, 6.07) is 8.61. The summed E-state index contributed by atoms with van der Waals surface area (Å²) in [6.07, 6.45) is 1.63. The number of phenolic OH excluding ortho intramolecular Hbond substituents is 1. The van der Waals surface area contributed by atoms with Crippen LogP contribution >= 0.6 is 11.6 Å². The first-order valence-corrected chi connectivity index (χ1v) is 6.23. The zero-order chi connectivity index (χ0) is 13.8. The number of nitrogens with one attached hydrogen (secondary N) is 1. The van der Waals surface area contributed by atoms with Gasteiger partial charge in [0.15, 0.2) is 5.15 Å². The highest BCUT2D eigenvalue weighted by Crippen LogP contribution is 2.31. The minimum atomic E-state index is -0.128. The molecule has 0 saturated heterocycles. The number of nitrogens with zero attached hydrogens (tertiary/aromatic N) is 1. The van der Waals surface area contributed by atoms with Gasteiger partial charge in [-0.2, -0.15) is 0 Å². The predicted molar refractivity (Wildman–Crippen MR) is 75.9 cm³/mol. The third-order valence-corrected chi connectivity index (χ3v) is 3.13. The Balaban J connectivity index is 2.25. The van der Waals surface area contributed by atoms with Gasteiger partial charge in [0, 0.05) is 11.8 Å². The van der Waals surface area contributed by atoms with Crippen molar-refractivity contribution in [3.63, 3.8) is 0 Å². The van der Waals surface area contributed by atoms with Crippen molar-refractivity contribution >= 4 is 17.3 Å². The zero-order valence-electron chi connectivity index (χ0n) is 10.7. The average molecular weight is 279 g/mol. The Hall–Kier alpha value is -1.94. The van der Waals surface area contributed by atoms with Crippen LogP contribution in [0.4, 0.5) is 5.69 Å². The van der Waals surface area contributed by atoms with Crippen LogP contribution in [0.15, 0.2) is 36.5 Å². The summed E-state index contributed by atoms with van der Waals surface area (Å²) in [7, 11) is 1.59. The molecule has 19 heavy (non-hydrogen) atoms. The van der Waals surface area contributed by atoms with E-state index in [1.807, 2.05) is 13.0 Å². The van der Waals surface area contributed by atoms with Crippen LogP contribution in [0.3, 0.4) is 0 Å². The summed E-state index contributed by atoms with van der Waals surface area (Å²) in [5.74, 6) is 0.902. The Morgan fingerprint density at radius 2 is 2.16 bits per heavy atom. The Morgan fingerprint density at radius 1 is 1.37 bits per heavy atom. The summed E-state index contributed by atoms with van der Waals surface area (Å²) in [4.78, 5) is 4.00. The minimum Gasteiger partial charge on any atom is -0.508 e. The normalized spacial score (nSPS) is 11.9. The van der Waals surface area contributed by atoms with E-state index in [4.69, 9.17) is 16.3 Å². The van der Waals surface area contributed by atoms with E-state index in [-0.39, 0.29) is 11.8 Å². The standard InChI is InChI=1S/C14H15ClN2O2/c1-9(17-12-4-3-7-16-14(12)15)11-8-10(19-2)5-6-13(11)18/h3-9,17-18H,1-2H3. The summed E-state index contributed by atoms with van der Waals surface area (Å²) < 4.78 is 5.16. The molecule has 0 bridgehead atoms. The third kappa shape index (κ3) is 3.09. The van der Waals surface area contributed by atoms with Gasteiger partial charge in [0.25, 0.3) is 0 Å². The molecular weight excluding hydrogens is 264 g/mol. The van der Waals surface area contributed by atoms with Crippen molar-refractivity contribution in [3.8, 4) is 11.5 Å². The molecule has 0 radical (unpaired) electrons. The van der Waals surface area contributed by atoms with Gasteiger partial charge in [-0.1, -0.05) is 11.6 Å². The number of anilines is 1. The molecule has 0 aliphatic carbocycles. The highest BCUT2D eigenvalue weighted by Gasteiger charge is 2.13. The van der Waals surface area contributed by atoms with Gasteiger partial charge >= 0.3 is 0 Å². The molecule has 2 rings (SSSR count). The smallest absolute Gasteiger partial charge is 0.152 e. The Morgan fingerprint density at radius 3 is 2.84 bits per heavy atom. The van der Waals surface area contributed by atoms with Gasteiger partial charge in [-0.25, -0.2) is 4.98 Å². The number of hydrogen-bond acceptors (Lipinski definition) is 4. The lowest BCUT2D eigenvalue weighted by atomic mass is 10.1. The molecule has 2 N–H and O–H groups in total. The van der Waals surface area contributed by atoms with Gasteiger partial charge < -0.3 is 15.2 Å². The van der Waals surface area contributed by atoms with E-state index < -0.39 is 0 Å². The minimum absolute atomic E-state index is 0.128. The maximum atomic E-state index is 9.90. The van der Waals surface area contributed by atoms with Gasteiger partial charge in [-0.3, -0.25) is 0 Å². The Labute approximate surface area is 117 Å². The van der Waals surface area contributed by atoms with Crippen molar-refractivity contribution in [1.82, 2.24) is 4.98 Å². The SMILES string of the molecule is COc1ccc(O)c(C(C)Nc2cccnc2Cl)c1. The number of rotatable bonds is 4. The number of hydrogen-bond donors (Lipinski definition) is 2. The number of methoxy groups -OCH3 is 1. The lowest BCUT2D eigenvalue weighted by molar-refractivity contribution is 0.410. The molecule has 4 nitrogen and oxygen atoms in total. The van der Waals surface area contributed by atoms with E-state index in [1.165, 1.54) is 0 Å². The van der Waals surface area contributed by atoms with Gasteiger partial charge in [-0.15, -0.1) is 0 Å². The summed E-state index contributed by atoms with van der Waals surface area (Å²) in [5, 5.41) is 13.5. The van der Waals surface area contributed by atoms with Crippen molar-refractivity contribution in [3.05, 3.63) is 47.2 Å². The van der Waals surface area contributed by atoms with Crippen molar-refractivity contribution in [2.24, 2.45) is 0 Å². The van der Waals surface area contributed by atoms with Gasteiger partial charge in [0.1, 0.15) is 11.5 Å². The van der Waals surface area contributed by atoms with Crippen molar-refractivity contribution < 1.29 is 9.84 Å². The quantitative estimate of drug-likeness (QED) is 0.839. The van der Waals surface area contributed by atoms with E-state index in [1.54, 1.807) is 37.6 Å². The molecule has 1 aromatic heterocycles. The average Bonchev–Trinajstić information content (AvgIpc) is 2.42. The molecular formula is C14H15ClN2O2. The lowest BCUT2D eigenvalue weighted by Crippen LogP contribution is -2.07. The van der Waals surface area contributed by atoms with E-state index in [0.29, 0.717) is 10.9 Å². The fraction of sp³-hybridized carbons (Fsp3) is 0.214. The van der Waals surface area contributed by atoms with E-state index in [0.717, 1.165) is 11.3 Å². The number of benzene rings is 1. The molecule has 2 aromatic rings. The number of halogens is 1. The second-order valence-corrected chi connectivity index (χ2v) is 4.49. The van der Waals surface area contributed by atoms with Crippen LogP contribution in [0.5, 0.6) is 11.5 Å². The molecule has 1 aromatic carbocycles. The van der Waals surface area contributed by atoms with Crippen LogP contribution < -0.4 is 10.1 Å². The molecule has 0 spiro atoms. The second kappa shape index (κ2) is 5.80. The first-order chi connectivity index (χ1) is 9.11. The first kappa shape index (κ1) is 13.5. The van der Waals surface area contributed by atoms with Crippen LogP contribution in [-0.2, 0) is 0 Å². The maximum absolute atomic E-state index is 9.90. The third-order valence-electron chi connectivity index (χ3n) is 2.83. The number of phenols is 1. The fourth-order valence-corrected chi connectivity index (χ4v) is 1.99. The summed E-state index contributed by atoms with van der Waals surface area (Å²) in [6.45, 7) is 1.93. The zero-order valence-corrected chi connectivity index (χ0v) is 11.5. The maximum Gasteiger partial charge on any atom is 0.152 e. The highest BCUT2D eigenvalue weighted by molar-refractivity contribution is 6.31. The molecule has 0 aliphatic heterocycles. The molecule has 0 fully saturated rings. The van der Waals surface area contributed by atoms with Crippen LogP contribution in [0.25, 0.3) is 0 Å². The molecule has 0 aliphatic rings. The lowest BCUT2D eigenvalue weighted by Gasteiger charge is -2.18. The number of pyridine rings is 1. The second-order valence-electron chi connectivity index (χ2n) is 4.13. The van der Waals surface area contributed by atoms with Crippen LogP contribution in [0.2, 0.25) is 5.15 Å². The first-order valence-electron chi connectivity index (χ1n) is 5.85. The van der Waals surface area contributed by atoms with E-state index >= 15 is 0 Å². The van der Waals surface area contributed by atoms with Crippen molar-refractivity contribution in [2.45, 2.75) is 13.0 Å². The van der Waals surface area contributed by atoms with Crippen molar-refractivity contribution in [2.75, 3.05) is 12.4 Å². The van der Waals surface area contributed by atoms with Crippen molar-refractivity contribution in [1.29, 1.82) is 0 Å². The molecule has 1 heterocycles. The van der Waals surface area contributed by atoms with Gasteiger partial charge in [-0.05, 0) is 37.3 Å². The molecule has 0 amide bonds. The largest absolute Gasteiger partial charge is 0.508 e. The van der Waals surface area contributed by atoms with Gasteiger partial charge in [0.2, 0.25) is 0 Å². The molecule has 5 heteroatoms. The molecule has 1 unspecified atom stereocenters. The molecule has 100 valence electrons. The fourth-order valence-electron chi connectivity index (χ4n) is 1.81. The molecule has 1 atom stereocenters. The van der Waals surface area contributed by atoms with Crippen LogP contribution in [0.1, 0.15) is 18.5 Å². The highest BCUT2D eigenvalue weighted by atomic mass is 35.5. The Bertz CT molecular complexity index is 575. The number of aromatic nitrogens is 1. The van der Waals surface area contributed by atoms with E-state index in [2.05, 4.69) is 10.3 Å². The Kier molecular flexibility index (Phi) is 4.12. The van der Waals surface area contributed by atoms with Crippen LogP contribution in [0, 0.1) is 0 Å². The number of aromatic hydroxyl groups is 1. The van der Waals surface area contributed by atoms with E-state index in [9.17, 15) is 5.11 Å². The molecule has 0 saturated carbocycles. The summed E-state index contributed by atoms with van der Waals surface area (Å²) >= 11 is 5.99. The number of ether oxygens (including phenoxy) is 1. The monoisotopic (exact) mass is 278 g/mol. The topological polar surface area (TPSA) is 54.4 Å². The van der Waals surface area contributed by atoms with Crippen LogP contribution in [-0.4, -0.2) is 17.2 Å². The summed E-state index contributed by atoms with van der Waals surface area (Å²) in [5.41, 5.74) is 1.46. The predicted octanol–water partition coefficient (Wildman–Crippen LogP) is 3.62.